The number of hydrogen-bond acceptors (Lipinski definition) is 5. The fourth-order valence-corrected chi connectivity index (χ4v) is 3.68. The van der Waals surface area contributed by atoms with E-state index >= 15 is 0 Å². The average Bonchev–Trinajstić information content (AvgIpc) is 3.27. The molecule has 1 atom stereocenters. The molecule has 5 nitrogen and oxygen atoms in total. The van der Waals surface area contributed by atoms with Gasteiger partial charge in [-0.25, -0.2) is 0 Å². The van der Waals surface area contributed by atoms with Crippen LogP contribution >= 0.6 is 22.9 Å². The van der Waals surface area contributed by atoms with Gasteiger partial charge in [0.1, 0.15) is 11.9 Å². The Morgan fingerprint density at radius 2 is 2.20 bits per heavy atom. The number of ether oxygens (including phenoxy) is 2. The van der Waals surface area contributed by atoms with Gasteiger partial charge in [-0.3, -0.25) is 9.59 Å². The molecule has 0 aliphatic carbocycles. The number of carbonyl (C=O) groups excluding carboxylic acids is 2. The average molecular weight is 380 g/mol. The monoisotopic (exact) mass is 379 g/mol. The number of amides is 1. The predicted octanol–water partition coefficient (Wildman–Crippen LogP) is 3.44. The van der Waals surface area contributed by atoms with Crippen molar-refractivity contribution >= 4 is 34.8 Å². The molecule has 1 aromatic carbocycles. The lowest BCUT2D eigenvalue weighted by Crippen LogP contribution is -2.34. The summed E-state index contributed by atoms with van der Waals surface area (Å²) in [5.74, 6) is 0.0943. The molecule has 7 heteroatoms. The number of hydrogen-bond donors (Lipinski definition) is 1. The number of esters is 1. The summed E-state index contributed by atoms with van der Waals surface area (Å²) in [4.78, 5) is 22.8. The van der Waals surface area contributed by atoms with Crippen molar-refractivity contribution in [3.63, 3.8) is 0 Å². The van der Waals surface area contributed by atoms with Gasteiger partial charge in [0, 0.05) is 18.4 Å². The molecule has 1 aromatic heterocycles. The molecule has 1 aliphatic rings. The first-order valence-electron chi connectivity index (χ1n) is 7.92. The Morgan fingerprint density at radius 3 is 2.92 bits per heavy atom. The zero-order valence-electron chi connectivity index (χ0n) is 13.7. The molecule has 0 fully saturated rings. The largest absolute Gasteiger partial charge is 0.486 e. The molecule has 1 N–H and O–H groups in total. The number of carbonyl (C=O) groups is 2. The topological polar surface area (TPSA) is 64.6 Å². The Bertz CT molecular complexity index is 776. The van der Waals surface area contributed by atoms with Crippen molar-refractivity contribution in [2.24, 2.45) is 0 Å². The fourth-order valence-electron chi connectivity index (χ4n) is 2.73. The highest BCUT2D eigenvalue weighted by atomic mass is 35.5. The molecular formula is C18H18ClNO4S. The Hall–Kier alpha value is -2.05. The van der Waals surface area contributed by atoms with E-state index in [1.54, 1.807) is 11.3 Å². The van der Waals surface area contributed by atoms with Crippen molar-refractivity contribution in [3.8, 4) is 16.9 Å². The van der Waals surface area contributed by atoms with Crippen molar-refractivity contribution in [3.05, 3.63) is 39.5 Å². The summed E-state index contributed by atoms with van der Waals surface area (Å²) in [5, 5.41) is 7.47. The highest BCUT2D eigenvalue weighted by molar-refractivity contribution is 7.08. The predicted molar refractivity (Wildman–Crippen MR) is 97.1 cm³/mol. The maximum atomic E-state index is 11.8. The van der Waals surface area contributed by atoms with Crippen molar-refractivity contribution in [1.29, 1.82) is 0 Å². The molecule has 1 amide bonds. The summed E-state index contributed by atoms with van der Waals surface area (Å²) in [7, 11) is 1.30. The number of methoxy groups -OCH3 is 1. The third-order valence-corrected chi connectivity index (χ3v) is 4.98. The smallest absolute Gasteiger partial charge is 0.306 e. The van der Waals surface area contributed by atoms with E-state index in [4.69, 9.17) is 16.3 Å². The fraction of sp³-hybridized carbons (Fsp3) is 0.333. The SMILES string of the molecule is COC(=O)CCC(=O)NCC1Cc2cc(-c3ccsc3)cc(Cl)c2O1. The number of benzene rings is 1. The van der Waals surface area contributed by atoms with Gasteiger partial charge >= 0.3 is 5.97 Å². The zero-order valence-corrected chi connectivity index (χ0v) is 15.3. The summed E-state index contributed by atoms with van der Waals surface area (Å²) < 4.78 is 10.4. The van der Waals surface area contributed by atoms with Gasteiger partial charge in [-0.1, -0.05) is 11.6 Å². The van der Waals surface area contributed by atoms with Gasteiger partial charge in [-0.15, -0.1) is 0 Å². The zero-order chi connectivity index (χ0) is 17.8. The molecule has 0 saturated carbocycles. The Labute approximate surface area is 154 Å². The van der Waals surface area contributed by atoms with Crippen LogP contribution in [0.1, 0.15) is 18.4 Å². The van der Waals surface area contributed by atoms with E-state index in [1.807, 2.05) is 11.4 Å². The lowest BCUT2D eigenvalue weighted by Gasteiger charge is -2.12. The highest BCUT2D eigenvalue weighted by Gasteiger charge is 2.26. The van der Waals surface area contributed by atoms with E-state index in [0.717, 1.165) is 16.7 Å². The summed E-state index contributed by atoms with van der Waals surface area (Å²) in [5.41, 5.74) is 3.24. The molecule has 0 radical (unpaired) electrons. The summed E-state index contributed by atoms with van der Waals surface area (Å²) >= 11 is 8.00. The molecule has 3 rings (SSSR count). The lowest BCUT2D eigenvalue weighted by molar-refractivity contribution is -0.142. The minimum Gasteiger partial charge on any atom is -0.486 e. The molecule has 1 unspecified atom stereocenters. The van der Waals surface area contributed by atoms with Gasteiger partial charge in [0.2, 0.25) is 5.91 Å². The van der Waals surface area contributed by atoms with Gasteiger partial charge in [0.15, 0.2) is 0 Å². The van der Waals surface area contributed by atoms with Gasteiger partial charge in [0.25, 0.3) is 0 Å². The molecule has 0 spiro atoms. The van der Waals surface area contributed by atoms with E-state index in [1.165, 1.54) is 7.11 Å². The Kier molecular flexibility index (Phi) is 5.60. The highest BCUT2D eigenvalue weighted by Crippen LogP contribution is 2.39. The number of halogens is 1. The molecule has 25 heavy (non-hydrogen) atoms. The van der Waals surface area contributed by atoms with Gasteiger partial charge in [0.05, 0.1) is 25.1 Å². The van der Waals surface area contributed by atoms with Gasteiger partial charge in [-0.05, 0) is 40.1 Å². The first kappa shape index (κ1) is 17.8. The maximum Gasteiger partial charge on any atom is 0.306 e. The number of rotatable bonds is 6. The molecule has 2 aromatic rings. The van der Waals surface area contributed by atoms with Gasteiger partial charge in [-0.2, -0.15) is 11.3 Å². The van der Waals surface area contributed by atoms with E-state index < -0.39 is 5.97 Å². The Balaban J connectivity index is 1.57. The van der Waals surface area contributed by atoms with Gasteiger partial charge < -0.3 is 14.8 Å². The third-order valence-electron chi connectivity index (χ3n) is 4.02. The van der Waals surface area contributed by atoms with Crippen LogP contribution in [0.3, 0.4) is 0 Å². The summed E-state index contributed by atoms with van der Waals surface area (Å²) in [6, 6.07) is 6.04. The Morgan fingerprint density at radius 1 is 1.36 bits per heavy atom. The minimum atomic E-state index is -0.396. The van der Waals surface area contributed by atoms with Crippen molar-refractivity contribution < 1.29 is 19.1 Å². The molecule has 1 aliphatic heterocycles. The molecule has 0 saturated heterocycles. The van der Waals surface area contributed by atoms with Crippen molar-refractivity contribution in [1.82, 2.24) is 5.32 Å². The van der Waals surface area contributed by atoms with Crippen LogP contribution < -0.4 is 10.1 Å². The van der Waals surface area contributed by atoms with Crippen LogP contribution in [0, 0.1) is 0 Å². The first-order chi connectivity index (χ1) is 12.1. The number of nitrogens with one attached hydrogen (secondary N) is 1. The van der Waals surface area contributed by atoms with E-state index in [0.29, 0.717) is 23.7 Å². The number of fused-ring (bicyclic) bond motifs is 1. The molecule has 2 heterocycles. The lowest BCUT2D eigenvalue weighted by atomic mass is 10.0. The molecular weight excluding hydrogens is 362 g/mol. The molecule has 0 bridgehead atoms. The first-order valence-corrected chi connectivity index (χ1v) is 9.24. The second-order valence-corrected chi connectivity index (χ2v) is 6.97. The minimum absolute atomic E-state index is 0.0733. The van der Waals surface area contributed by atoms with Crippen LogP contribution in [-0.2, 0) is 20.7 Å². The van der Waals surface area contributed by atoms with Crippen LogP contribution in [-0.4, -0.2) is 31.6 Å². The standard InChI is InChI=1S/C18H18ClNO4S/c1-23-17(22)3-2-16(21)20-9-14-7-13-6-12(11-4-5-25-10-11)8-15(19)18(13)24-14/h4-6,8,10,14H,2-3,7,9H2,1H3,(H,20,21). The third kappa shape index (κ3) is 4.32. The second kappa shape index (κ2) is 7.89. The van der Waals surface area contributed by atoms with E-state index in [-0.39, 0.29) is 24.9 Å². The summed E-state index contributed by atoms with van der Waals surface area (Å²) in [6.45, 7) is 0.374. The molecule has 132 valence electrons. The second-order valence-electron chi connectivity index (χ2n) is 5.78. The van der Waals surface area contributed by atoms with Crippen LogP contribution in [0.25, 0.3) is 11.1 Å². The van der Waals surface area contributed by atoms with Crippen molar-refractivity contribution in [2.75, 3.05) is 13.7 Å². The van der Waals surface area contributed by atoms with E-state index in [9.17, 15) is 9.59 Å². The van der Waals surface area contributed by atoms with Crippen LogP contribution in [0.5, 0.6) is 5.75 Å². The van der Waals surface area contributed by atoms with E-state index in [2.05, 4.69) is 27.6 Å². The number of thiophene rings is 1. The van der Waals surface area contributed by atoms with Crippen LogP contribution in [0.2, 0.25) is 5.02 Å². The van der Waals surface area contributed by atoms with Crippen molar-refractivity contribution in [2.45, 2.75) is 25.4 Å². The quantitative estimate of drug-likeness (QED) is 0.781. The van der Waals surface area contributed by atoms with Crippen LogP contribution in [0.4, 0.5) is 0 Å². The summed E-state index contributed by atoms with van der Waals surface area (Å²) in [6.07, 6.45) is 0.705. The maximum absolute atomic E-state index is 11.8. The normalized spacial score (nSPS) is 15.4. The van der Waals surface area contributed by atoms with Crippen LogP contribution in [0.15, 0.2) is 29.0 Å².